The Balaban J connectivity index is 3.56. The van der Waals surface area contributed by atoms with Gasteiger partial charge in [-0.05, 0) is 12.8 Å². The van der Waals surface area contributed by atoms with Crippen LogP contribution in [0.1, 0.15) is 6.92 Å². The summed E-state index contributed by atoms with van der Waals surface area (Å²) in [4.78, 5) is 0. The Morgan fingerprint density at radius 1 is 1.60 bits per heavy atom. The maximum absolute atomic E-state index is 10.00. The highest BCUT2D eigenvalue weighted by molar-refractivity contribution is 7.81. The molecule has 0 spiro atoms. The van der Waals surface area contributed by atoms with Crippen molar-refractivity contribution in [1.82, 2.24) is 0 Å². The van der Waals surface area contributed by atoms with Crippen LogP contribution in [0.15, 0.2) is 0 Å². The minimum absolute atomic E-state index is 0.116. The van der Waals surface area contributed by atoms with Crippen molar-refractivity contribution in [1.29, 1.82) is 0 Å². The van der Waals surface area contributed by atoms with E-state index in [-0.39, 0.29) is 6.35 Å². The Kier molecular flexibility index (Phi) is 4.36. The van der Waals surface area contributed by atoms with Crippen LogP contribution in [-0.2, 0) is 14.6 Å². The predicted octanol–water partition coefficient (Wildman–Crippen LogP) is 0.895. The zero-order valence-corrected chi connectivity index (χ0v) is 7.65. The average Bonchev–Trinajstić information content (AvgIpc) is 1.81. The van der Waals surface area contributed by atoms with Crippen molar-refractivity contribution in [2.45, 2.75) is 6.92 Å². The summed E-state index contributed by atoms with van der Waals surface area (Å²) in [6.45, 7) is 3.85. The van der Waals surface area contributed by atoms with E-state index >= 15 is 0 Å². The van der Waals surface area contributed by atoms with Crippen LogP contribution in [0.25, 0.3) is 0 Å². The summed E-state index contributed by atoms with van der Waals surface area (Å²) in [6, 6.07) is 0. The molecule has 1 unspecified atom stereocenters. The Bertz CT molecular complexity index is 176. The fraction of sp³-hybridized carbons (Fsp3) is 1.00. The van der Waals surface area contributed by atoms with E-state index in [1.54, 1.807) is 0 Å². The lowest BCUT2D eigenvalue weighted by Gasteiger charge is -2.06. The Hall–Kier alpha value is 0.300. The predicted molar refractivity (Wildman–Crippen MR) is 40.9 cm³/mol. The van der Waals surface area contributed by atoms with Crippen molar-refractivity contribution in [2.75, 3.05) is 19.2 Å². The van der Waals surface area contributed by atoms with Crippen molar-refractivity contribution in [3.63, 3.8) is 0 Å². The van der Waals surface area contributed by atoms with E-state index in [0.717, 1.165) is 6.16 Å². The molecule has 0 saturated heterocycles. The van der Waals surface area contributed by atoms with Crippen LogP contribution in [0, 0.1) is 0 Å². The van der Waals surface area contributed by atoms with Crippen LogP contribution in [-0.4, -0.2) is 32.1 Å². The van der Waals surface area contributed by atoms with E-state index in [9.17, 15) is 8.42 Å². The molecule has 6 heteroatoms. The number of hydrogen-bond donors (Lipinski definition) is 1. The number of rotatable bonds is 4. The second kappa shape index (κ2) is 4.23. The van der Waals surface area contributed by atoms with Gasteiger partial charge in [-0.3, -0.25) is 4.55 Å². The van der Waals surface area contributed by atoms with Crippen LogP contribution in [0.4, 0.5) is 0 Å². The Morgan fingerprint density at radius 3 is 2.40 bits per heavy atom. The van der Waals surface area contributed by atoms with E-state index in [4.69, 9.17) is 4.55 Å². The maximum atomic E-state index is 10.00. The van der Waals surface area contributed by atoms with Gasteiger partial charge in [0.15, 0.2) is 0 Å². The molecule has 62 valence electrons. The fourth-order valence-electron chi connectivity index (χ4n) is 0.248. The summed E-state index contributed by atoms with van der Waals surface area (Å²) in [7, 11) is -4.62. The Labute approximate surface area is 62.3 Å². The number of hydrogen-bond acceptors (Lipinski definition) is 3. The van der Waals surface area contributed by atoms with Gasteiger partial charge in [-0.1, -0.05) is 14.8 Å². The molecule has 0 aromatic carbocycles. The van der Waals surface area contributed by atoms with E-state index in [0.29, 0.717) is 0 Å². The van der Waals surface area contributed by atoms with Gasteiger partial charge in [-0.25, -0.2) is 4.18 Å². The zero-order valence-electron chi connectivity index (χ0n) is 5.94. The van der Waals surface area contributed by atoms with Gasteiger partial charge >= 0.3 is 10.4 Å². The molecule has 0 amide bonds. The molecule has 1 atom stereocenters. The summed E-state index contributed by atoms with van der Waals surface area (Å²) in [5, 5.41) is 0. The molecule has 0 saturated carbocycles. The van der Waals surface area contributed by atoms with Gasteiger partial charge in [0.1, 0.15) is 0 Å². The maximum Gasteiger partial charge on any atom is 0.397 e. The van der Waals surface area contributed by atoms with E-state index < -0.39 is 18.3 Å². The highest BCUT2D eigenvalue weighted by Crippen LogP contribution is 2.29. The lowest BCUT2D eigenvalue weighted by atomic mass is 11.0. The van der Waals surface area contributed by atoms with Gasteiger partial charge in [0.25, 0.3) is 0 Å². The van der Waals surface area contributed by atoms with Crippen LogP contribution in [0.2, 0.25) is 0 Å². The molecule has 0 aromatic rings. The van der Waals surface area contributed by atoms with Gasteiger partial charge in [-0.2, -0.15) is 8.42 Å². The summed E-state index contributed by atoms with van der Waals surface area (Å²) in [6.07, 6.45) is 1.01. The van der Waals surface area contributed by atoms with E-state index in [1.165, 1.54) is 0 Å². The topological polar surface area (TPSA) is 63.6 Å². The molecule has 0 aliphatic carbocycles. The van der Waals surface area contributed by atoms with Crippen LogP contribution in [0.3, 0.4) is 0 Å². The van der Waals surface area contributed by atoms with Crippen LogP contribution < -0.4 is 0 Å². The molecule has 0 aromatic heterocycles. The van der Waals surface area contributed by atoms with Crippen molar-refractivity contribution >= 4 is 18.3 Å². The molecule has 0 radical (unpaired) electrons. The first kappa shape index (κ1) is 10.3. The second-order valence-corrected chi connectivity index (χ2v) is 5.54. The van der Waals surface area contributed by atoms with Gasteiger partial charge in [0, 0.05) is 0 Å². The molecule has 0 fully saturated rings. The van der Waals surface area contributed by atoms with Crippen LogP contribution >= 0.6 is 7.92 Å². The van der Waals surface area contributed by atoms with Crippen molar-refractivity contribution in [3.05, 3.63) is 0 Å². The van der Waals surface area contributed by atoms with Gasteiger partial charge in [0.2, 0.25) is 0 Å². The quantitative estimate of drug-likeness (QED) is 0.523. The molecule has 0 heterocycles. The minimum Gasteiger partial charge on any atom is -0.264 e. The molecule has 4 nitrogen and oxygen atoms in total. The summed E-state index contributed by atoms with van der Waals surface area (Å²) < 4.78 is 32.3. The smallest absolute Gasteiger partial charge is 0.264 e. The van der Waals surface area contributed by atoms with Gasteiger partial charge in [-0.15, -0.1) is 0 Å². The molecule has 10 heavy (non-hydrogen) atoms. The lowest BCUT2D eigenvalue weighted by molar-refractivity contribution is 0.311. The van der Waals surface area contributed by atoms with E-state index in [2.05, 4.69) is 4.18 Å². The molecule has 1 N–H and O–H groups in total. The van der Waals surface area contributed by atoms with Crippen molar-refractivity contribution in [3.8, 4) is 0 Å². The third kappa shape index (κ3) is 6.42. The van der Waals surface area contributed by atoms with Crippen molar-refractivity contribution < 1.29 is 17.2 Å². The summed E-state index contributed by atoms with van der Waals surface area (Å²) in [5.41, 5.74) is 0. The third-order valence-electron chi connectivity index (χ3n) is 0.962. The monoisotopic (exact) mass is 186 g/mol. The SMILES string of the molecule is CCP(C)COS(=O)(=O)O. The van der Waals surface area contributed by atoms with Crippen LogP contribution in [0.5, 0.6) is 0 Å². The highest BCUT2D eigenvalue weighted by Gasteiger charge is 2.06. The third-order valence-corrected chi connectivity index (χ3v) is 3.20. The largest absolute Gasteiger partial charge is 0.397 e. The zero-order chi connectivity index (χ0) is 8.20. The first-order valence-corrected chi connectivity index (χ1v) is 6.28. The molecule has 0 aliphatic rings. The second-order valence-electron chi connectivity index (χ2n) is 1.85. The minimum atomic E-state index is -4.21. The molecule has 0 bridgehead atoms. The fourth-order valence-corrected chi connectivity index (χ4v) is 1.68. The standard InChI is InChI=1S/C4H11O4PS/c1-3-9(2)4-8-10(5,6)7/h3-4H2,1-2H3,(H,5,6,7). The van der Waals surface area contributed by atoms with Crippen molar-refractivity contribution in [2.24, 2.45) is 0 Å². The lowest BCUT2D eigenvalue weighted by Crippen LogP contribution is -2.03. The first-order chi connectivity index (χ1) is 4.45. The highest BCUT2D eigenvalue weighted by atomic mass is 32.3. The Morgan fingerprint density at radius 2 is 2.10 bits per heavy atom. The summed E-state index contributed by atoms with van der Waals surface area (Å²) in [5.74, 6) is 0. The average molecular weight is 186 g/mol. The first-order valence-electron chi connectivity index (χ1n) is 2.76. The van der Waals surface area contributed by atoms with E-state index in [1.807, 2.05) is 13.6 Å². The molecule has 0 rings (SSSR count). The molecular weight excluding hydrogens is 175 g/mol. The molecule has 0 aliphatic heterocycles. The summed E-state index contributed by atoms with van der Waals surface area (Å²) >= 11 is 0. The van der Waals surface area contributed by atoms with Gasteiger partial charge < -0.3 is 0 Å². The van der Waals surface area contributed by atoms with Gasteiger partial charge in [0.05, 0.1) is 6.35 Å². The molecular formula is C4H11O4PS. The normalized spacial score (nSPS) is 15.1.